The molecule has 0 bridgehead atoms. The lowest BCUT2D eigenvalue weighted by Gasteiger charge is -2.32. The van der Waals surface area contributed by atoms with Crippen LogP contribution in [0.2, 0.25) is 0 Å². The standard InChI is InChI=1S/C24H27N3O2S/c1-17-3-8-22(24(28)26-20-4-6-21(29-2)7-5-20)23(25-17)19-9-12-27(13-10-19)15-18-11-14-30-16-18/h3-8,11,14,16,19H,9-10,12-13,15H2,1-2H3,(H,26,28). The molecule has 1 saturated heterocycles. The molecule has 1 aromatic carbocycles. The SMILES string of the molecule is COc1ccc(NC(=O)c2ccc(C)nc2C2CCN(Cc3ccsc3)CC2)cc1. The van der Waals surface area contributed by atoms with Gasteiger partial charge >= 0.3 is 0 Å². The second-order valence-electron chi connectivity index (χ2n) is 7.75. The van der Waals surface area contributed by atoms with E-state index in [1.807, 2.05) is 43.3 Å². The van der Waals surface area contributed by atoms with Crippen molar-refractivity contribution in [3.8, 4) is 5.75 Å². The van der Waals surface area contributed by atoms with Gasteiger partial charge in [-0.05, 0) is 91.6 Å². The number of rotatable bonds is 6. The number of hydrogen-bond donors (Lipinski definition) is 1. The first-order chi connectivity index (χ1) is 14.6. The van der Waals surface area contributed by atoms with Gasteiger partial charge in [-0.3, -0.25) is 14.7 Å². The van der Waals surface area contributed by atoms with Crippen molar-refractivity contribution in [1.29, 1.82) is 0 Å². The number of pyridine rings is 1. The molecule has 0 saturated carbocycles. The first-order valence-corrected chi connectivity index (χ1v) is 11.2. The van der Waals surface area contributed by atoms with E-state index in [4.69, 9.17) is 9.72 Å². The van der Waals surface area contributed by atoms with Crippen LogP contribution in [0.5, 0.6) is 5.75 Å². The Morgan fingerprint density at radius 3 is 2.60 bits per heavy atom. The highest BCUT2D eigenvalue weighted by Crippen LogP contribution is 2.30. The van der Waals surface area contributed by atoms with E-state index in [1.54, 1.807) is 18.4 Å². The minimum Gasteiger partial charge on any atom is -0.497 e. The summed E-state index contributed by atoms with van der Waals surface area (Å²) in [5, 5.41) is 7.35. The number of aryl methyl sites for hydroxylation is 1. The second-order valence-corrected chi connectivity index (χ2v) is 8.53. The van der Waals surface area contributed by atoms with Gasteiger partial charge in [0.2, 0.25) is 0 Å². The van der Waals surface area contributed by atoms with E-state index in [9.17, 15) is 4.79 Å². The molecule has 6 heteroatoms. The van der Waals surface area contributed by atoms with Gasteiger partial charge < -0.3 is 10.1 Å². The van der Waals surface area contributed by atoms with E-state index in [0.29, 0.717) is 11.5 Å². The number of amides is 1. The summed E-state index contributed by atoms with van der Waals surface area (Å²) in [5.41, 5.74) is 4.68. The Kier molecular flexibility index (Phi) is 6.45. The number of benzene rings is 1. The zero-order valence-electron chi connectivity index (χ0n) is 17.4. The molecule has 1 aliphatic rings. The summed E-state index contributed by atoms with van der Waals surface area (Å²) in [6.07, 6.45) is 2.03. The van der Waals surface area contributed by atoms with Crippen LogP contribution in [-0.4, -0.2) is 36.0 Å². The number of piperidine rings is 1. The molecule has 1 N–H and O–H groups in total. The van der Waals surface area contributed by atoms with Crippen molar-refractivity contribution in [1.82, 2.24) is 9.88 Å². The highest BCUT2D eigenvalue weighted by atomic mass is 32.1. The molecule has 0 aliphatic carbocycles. The number of nitrogens with zero attached hydrogens (tertiary/aromatic N) is 2. The molecule has 0 unspecified atom stereocenters. The molecule has 3 heterocycles. The number of anilines is 1. The minimum absolute atomic E-state index is 0.108. The number of carbonyl (C=O) groups excluding carboxylic acids is 1. The van der Waals surface area contributed by atoms with Crippen LogP contribution < -0.4 is 10.1 Å². The van der Waals surface area contributed by atoms with Crippen LogP contribution in [0.4, 0.5) is 5.69 Å². The maximum Gasteiger partial charge on any atom is 0.257 e. The van der Waals surface area contributed by atoms with Gasteiger partial charge in [0.15, 0.2) is 0 Å². The van der Waals surface area contributed by atoms with Gasteiger partial charge in [-0.2, -0.15) is 11.3 Å². The number of thiophene rings is 1. The van der Waals surface area contributed by atoms with Crippen molar-refractivity contribution in [2.75, 3.05) is 25.5 Å². The van der Waals surface area contributed by atoms with E-state index >= 15 is 0 Å². The van der Waals surface area contributed by atoms with E-state index in [1.165, 1.54) is 5.56 Å². The van der Waals surface area contributed by atoms with Crippen molar-refractivity contribution in [3.63, 3.8) is 0 Å². The Morgan fingerprint density at radius 1 is 1.17 bits per heavy atom. The zero-order chi connectivity index (χ0) is 20.9. The Morgan fingerprint density at radius 2 is 1.93 bits per heavy atom. The van der Waals surface area contributed by atoms with Gasteiger partial charge in [0.1, 0.15) is 5.75 Å². The number of carbonyl (C=O) groups is 1. The smallest absolute Gasteiger partial charge is 0.257 e. The fraction of sp³-hybridized carbons (Fsp3) is 0.333. The molecule has 5 nitrogen and oxygen atoms in total. The van der Waals surface area contributed by atoms with E-state index in [-0.39, 0.29) is 5.91 Å². The molecule has 1 amide bonds. The highest BCUT2D eigenvalue weighted by molar-refractivity contribution is 7.07. The third kappa shape index (κ3) is 4.89. The average Bonchev–Trinajstić information content (AvgIpc) is 3.28. The van der Waals surface area contributed by atoms with Crippen LogP contribution >= 0.6 is 11.3 Å². The first-order valence-electron chi connectivity index (χ1n) is 10.3. The number of aromatic nitrogens is 1. The lowest BCUT2D eigenvalue weighted by molar-refractivity contribution is 0.102. The van der Waals surface area contributed by atoms with Gasteiger partial charge in [-0.1, -0.05) is 0 Å². The summed E-state index contributed by atoms with van der Waals surface area (Å²) in [5.74, 6) is 0.962. The molecule has 156 valence electrons. The van der Waals surface area contributed by atoms with Gasteiger partial charge in [-0.15, -0.1) is 0 Å². The molecular formula is C24H27N3O2S. The third-order valence-corrected chi connectivity index (χ3v) is 6.35. The van der Waals surface area contributed by atoms with Crippen molar-refractivity contribution >= 4 is 22.9 Å². The minimum atomic E-state index is -0.108. The highest BCUT2D eigenvalue weighted by Gasteiger charge is 2.26. The maximum atomic E-state index is 13.0. The van der Waals surface area contributed by atoms with Crippen molar-refractivity contribution in [3.05, 3.63) is 75.7 Å². The number of methoxy groups -OCH3 is 1. The number of likely N-dealkylation sites (tertiary alicyclic amines) is 1. The van der Waals surface area contributed by atoms with Crippen LogP contribution in [0.25, 0.3) is 0 Å². The van der Waals surface area contributed by atoms with E-state index in [2.05, 4.69) is 27.0 Å². The Labute approximate surface area is 181 Å². The quantitative estimate of drug-likeness (QED) is 0.602. The fourth-order valence-corrected chi connectivity index (χ4v) is 4.62. The third-order valence-electron chi connectivity index (χ3n) is 5.62. The van der Waals surface area contributed by atoms with Gasteiger partial charge in [0.05, 0.1) is 18.4 Å². The molecule has 30 heavy (non-hydrogen) atoms. The molecule has 0 radical (unpaired) electrons. The maximum absolute atomic E-state index is 13.0. The summed E-state index contributed by atoms with van der Waals surface area (Å²) >= 11 is 1.75. The van der Waals surface area contributed by atoms with E-state index < -0.39 is 0 Å². The molecule has 3 aromatic rings. The van der Waals surface area contributed by atoms with Crippen molar-refractivity contribution in [2.45, 2.75) is 32.2 Å². The predicted octanol–water partition coefficient (Wildman–Crippen LogP) is 5.09. The van der Waals surface area contributed by atoms with Crippen molar-refractivity contribution < 1.29 is 9.53 Å². The van der Waals surface area contributed by atoms with Crippen LogP contribution in [0, 0.1) is 6.92 Å². The zero-order valence-corrected chi connectivity index (χ0v) is 18.2. The Balaban J connectivity index is 1.45. The summed E-state index contributed by atoms with van der Waals surface area (Å²) in [6, 6.07) is 13.4. The molecule has 4 rings (SSSR count). The molecule has 0 atom stereocenters. The van der Waals surface area contributed by atoms with Crippen LogP contribution in [-0.2, 0) is 6.54 Å². The number of hydrogen-bond acceptors (Lipinski definition) is 5. The summed E-state index contributed by atoms with van der Waals surface area (Å²) in [7, 11) is 1.63. The van der Waals surface area contributed by atoms with Crippen LogP contribution in [0.1, 0.15) is 46.1 Å². The summed E-state index contributed by atoms with van der Waals surface area (Å²) in [6.45, 7) is 5.04. The fourth-order valence-electron chi connectivity index (χ4n) is 3.96. The van der Waals surface area contributed by atoms with E-state index in [0.717, 1.165) is 55.3 Å². The molecule has 1 fully saturated rings. The van der Waals surface area contributed by atoms with Crippen molar-refractivity contribution in [2.24, 2.45) is 0 Å². The van der Waals surface area contributed by atoms with Gasteiger partial charge in [-0.25, -0.2) is 0 Å². The van der Waals surface area contributed by atoms with Crippen LogP contribution in [0.3, 0.4) is 0 Å². The lowest BCUT2D eigenvalue weighted by Crippen LogP contribution is -2.33. The summed E-state index contributed by atoms with van der Waals surface area (Å²) < 4.78 is 5.19. The largest absolute Gasteiger partial charge is 0.497 e. The topological polar surface area (TPSA) is 54.5 Å². The predicted molar refractivity (Wildman–Crippen MR) is 121 cm³/mol. The number of ether oxygens (including phenoxy) is 1. The molecule has 2 aromatic heterocycles. The second kappa shape index (κ2) is 9.41. The van der Waals surface area contributed by atoms with Crippen LogP contribution in [0.15, 0.2) is 53.2 Å². The lowest BCUT2D eigenvalue weighted by atomic mass is 9.89. The first kappa shape index (κ1) is 20.6. The molecular weight excluding hydrogens is 394 g/mol. The Hall–Kier alpha value is -2.70. The number of nitrogens with one attached hydrogen (secondary N) is 1. The van der Waals surface area contributed by atoms with Gasteiger partial charge in [0.25, 0.3) is 5.91 Å². The summed E-state index contributed by atoms with van der Waals surface area (Å²) in [4.78, 5) is 20.3. The van der Waals surface area contributed by atoms with Gasteiger partial charge in [0, 0.05) is 23.8 Å². The Bertz CT molecular complexity index is 978. The molecule has 1 aliphatic heterocycles. The average molecular weight is 422 g/mol. The molecule has 0 spiro atoms. The normalized spacial score (nSPS) is 15.1. The monoisotopic (exact) mass is 421 g/mol.